The third kappa shape index (κ3) is 10.8. The molecule has 4 aliphatic rings. The Bertz CT molecular complexity index is 1450. The van der Waals surface area contributed by atoms with Crippen LogP contribution in [0, 0.1) is 23.2 Å². The summed E-state index contributed by atoms with van der Waals surface area (Å²) in [5, 5.41) is 8.82. The lowest BCUT2D eigenvalue weighted by Gasteiger charge is -2.45. The number of nitrogens with zero attached hydrogens (tertiary/aromatic N) is 4. The minimum Gasteiger partial charge on any atom is -0.363 e. The number of ketones is 1. The van der Waals surface area contributed by atoms with Crippen molar-refractivity contribution in [2.75, 3.05) is 26.2 Å². The van der Waals surface area contributed by atoms with Crippen LogP contribution in [0.25, 0.3) is 0 Å². The van der Waals surface area contributed by atoms with Crippen LogP contribution in [0.1, 0.15) is 121 Å². The van der Waals surface area contributed by atoms with E-state index in [0.29, 0.717) is 32.0 Å². The molecule has 53 heavy (non-hydrogen) atoms. The van der Waals surface area contributed by atoms with Crippen molar-refractivity contribution < 1.29 is 28.8 Å². The molecule has 0 aromatic carbocycles. The quantitative estimate of drug-likeness (QED) is 0.208. The van der Waals surface area contributed by atoms with Gasteiger partial charge in [-0.3, -0.25) is 38.7 Å². The Morgan fingerprint density at radius 2 is 1.49 bits per heavy atom. The van der Waals surface area contributed by atoms with Gasteiger partial charge in [0, 0.05) is 38.6 Å². The maximum Gasteiger partial charge on any atom is 0.287 e. The highest BCUT2D eigenvalue weighted by molar-refractivity contribution is 6.37. The third-order valence-electron chi connectivity index (χ3n) is 11.9. The molecule has 1 saturated heterocycles. The van der Waals surface area contributed by atoms with E-state index in [2.05, 4.69) is 30.8 Å². The van der Waals surface area contributed by atoms with E-state index in [1.165, 1.54) is 25.0 Å². The lowest BCUT2D eigenvalue weighted by Crippen LogP contribution is -2.66. The molecular weight excluding hydrogens is 676 g/mol. The van der Waals surface area contributed by atoms with Gasteiger partial charge in [0.2, 0.25) is 23.5 Å². The summed E-state index contributed by atoms with van der Waals surface area (Å²) >= 11 is 0. The Kier molecular flexibility index (Phi) is 14.0. The van der Waals surface area contributed by atoms with Gasteiger partial charge < -0.3 is 26.6 Å². The second kappa shape index (κ2) is 18.4. The second-order valence-electron chi connectivity index (χ2n) is 16.9. The first-order valence-electron chi connectivity index (χ1n) is 19.9. The second-order valence-corrected chi connectivity index (χ2v) is 16.9. The number of nitrogens with one attached hydrogen (secondary N) is 3. The first-order chi connectivity index (χ1) is 25.3. The van der Waals surface area contributed by atoms with Gasteiger partial charge in [-0.1, -0.05) is 78.6 Å². The maximum atomic E-state index is 14.5. The van der Waals surface area contributed by atoms with Crippen molar-refractivity contribution in [1.29, 1.82) is 0 Å². The molecule has 1 aliphatic heterocycles. The molecule has 1 unspecified atom stereocenters. The molecular formula is C39H60N8O6. The SMILES string of the molecule is CC(C)(C)[C@H](NC(=O)[C@@H](NC(=O)c1cnccn1)C1CCCCC1)C(=O)N1CCN(CC2CCCCC2)[C@@H](C(=O)NC(CC2CCC2)C(=O)C(N)=O)C1. The highest BCUT2D eigenvalue weighted by Gasteiger charge is 2.43. The first kappa shape index (κ1) is 40.2. The molecule has 5 N–H and O–H groups in total. The molecule has 0 bridgehead atoms. The molecule has 0 spiro atoms. The number of amides is 5. The summed E-state index contributed by atoms with van der Waals surface area (Å²) in [5.41, 5.74) is 4.80. The Hall–Kier alpha value is -3.94. The number of aromatic nitrogens is 2. The van der Waals surface area contributed by atoms with Crippen molar-refractivity contribution in [3.8, 4) is 0 Å². The van der Waals surface area contributed by atoms with Gasteiger partial charge in [0.15, 0.2) is 0 Å². The third-order valence-corrected chi connectivity index (χ3v) is 11.9. The molecule has 3 aliphatic carbocycles. The van der Waals surface area contributed by atoms with Crippen LogP contribution in [0.5, 0.6) is 0 Å². The van der Waals surface area contributed by atoms with Crippen molar-refractivity contribution in [3.05, 3.63) is 24.3 Å². The van der Waals surface area contributed by atoms with E-state index in [0.717, 1.165) is 77.0 Å². The lowest BCUT2D eigenvalue weighted by molar-refractivity contribution is -0.146. The molecule has 3 saturated carbocycles. The monoisotopic (exact) mass is 736 g/mol. The van der Waals surface area contributed by atoms with Gasteiger partial charge in [0.05, 0.1) is 12.2 Å². The number of carbonyl (C=O) groups excluding carboxylic acids is 6. The minimum atomic E-state index is -1.07. The van der Waals surface area contributed by atoms with Gasteiger partial charge >= 0.3 is 0 Å². The van der Waals surface area contributed by atoms with Crippen LogP contribution in [0.15, 0.2) is 18.6 Å². The molecule has 1 aromatic rings. The summed E-state index contributed by atoms with van der Waals surface area (Å²) < 4.78 is 0. The number of rotatable bonds is 14. The van der Waals surface area contributed by atoms with Crippen LogP contribution in [0.2, 0.25) is 0 Å². The Balaban J connectivity index is 1.34. The summed E-state index contributed by atoms with van der Waals surface area (Å²) in [4.78, 5) is 92.8. The van der Waals surface area contributed by atoms with Gasteiger partial charge in [-0.15, -0.1) is 0 Å². The molecule has 4 fully saturated rings. The average Bonchev–Trinajstić information content (AvgIpc) is 3.13. The Morgan fingerprint density at radius 3 is 2.08 bits per heavy atom. The van der Waals surface area contributed by atoms with E-state index in [9.17, 15) is 28.8 Å². The van der Waals surface area contributed by atoms with Crippen LogP contribution in [0.4, 0.5) is 0 Å². The average molecular weight is 737 g/mol. The Morgan fingerprint density at radius 1 is 0.830 bits per heavy atom. The molecule has 14 nitrogen and oxygen atoms in total. The highest BCUT2D eigenvalue weighted by Crippen LogP contribution is 2.32. The van der Waals surface area contributed by atoms with Crippen LogP contribution in [0.3, 0.4) is 0 Å². The van der Waals surface area contributed by atoms with E-state index in [1.807, 2.05) is 20.8 Å². The smallest absolute Gasteiger partial charge is 0.287 e. The van der Waals surface area contributed by atoms with E-state index in [-0.39, 0.29) is 30.0 Å². The summed E-state index contributed by atoms with van der Waals surface area (Å²) in [5.74, 6) is -2.97. The largest absolute Gasteiger partial charge is 0.363 e. The van der Waals surface area contributed by atoms with Crippen LogP contribution < -0.4 is 21.7 Å². The number of hydrogen-bond acceptors (Lipinski definition) is 9. The van der Waals surface area contributed by atoms with E-state index in [1.54, 1.807) is 4.90 Å². The fourth-order valence-electron chi connectivity index (χ4n) is 8.48. The fraction of sp³-hybridized carbons (Fsp3) is 0.744. The van der Waals surface area contributed by atoms with Crippen molar-refractivity contribution in [2.45, 2.75) is 135 Å². The number of hydrogen-bond donors (Lipinski definition) is 4. The normalized spacial score (nSPS) is 22.5. The first-order valence-corrected chi connectivity index (χ1v) is 19.9. The molecule has 292 valence electrons. The summed E-state index contributed by atoms with van der Waals surface area (Å²) in [7, 11) is 0. The zero-order chi connectivity index (χ0) is 38.1. The zero-order valence-electron chi connectivity index (χ0n) is 31.8. The number of primary amides is 1. The minimum absolute atomic E-state index is 0.0657. The number of nitrogens with two attached hydrogens (primary N) is 1. The van der Waals surface area contributed by atoms with Gasteiger partial charge in [0.1, 0.15) is 23.8 Å². The summed E-state index contributed by atoms with van der Waals surface area (Å²) in [6, 6.07) is -3.59. The predicted octanol–water partition coefficient (Wildman–Crippen LogP) is 2.51. The molecule has 5 rings (SSSR count). The van der Waals surface area contributed by atoms with Crippen LogP contribution in [-0.2, 0) is 24.0 Å². The van der Waals surface area contributed by atoms with Gasteiger partial charge in [-0.2, -0.15) is 0 Å². The number of Topliss-reactive ketones (excluding diaryl/α,β-unsaturated/α-hetero) is 1. The van der Waals surface area contributed by atoms with E-state index >= 15 is 0 Å². The van der Waals surface area contributed by atoms with Crippen LogP contribution in [-0.4, -0.2) is 105 Å². The fourth-order valence-corrected chi connectivity index (χ4v) is 8.48. The molecule has 2 heterocycles. The van der Waals surface area contributed by atoms with Crippen molar-refractivity contribution in [3.63, 3.8) is 0 Å². The molecule has 0 radical (unpaired) electrons. The molecule has 5 amide bonds. The van der Waals surface area contributed by atoms with Crippen molar-refractivity contribution >= 4 is 35.3 Å². The number of piperazine rings is 1. The van der Waals surface area contributed by atoms with Gasteiger partial charge in [-0.25, -0.2) is 4.98 Å². The standard InChI is InChI=1S/C39H60N8O6/c1-39(2,3)33(45-37(52)31(27-15-8-5-9-16-27)44-35(50)29-22-41-17-18-42-29)38(53)47-20-19-46(23-26-11-6-4-7-12-26)30(24-47)36(51)43-28(32(48)34(40)49)21-25-13-10-14-25/h17-18,22,25-28,30-31,33H,4-16,19-21,23-24H2,1-3H3,(H2,40,49)(H,43,51)(H,44,50)(H,45,52)/t28?,30-,31+,33-/m1/s1. The molecule has 14 heteroatoms. The summed E-state index contributed by atoms with van der Waals surface area (Å²) in [6.07, 6.45) is 17.6. The predicted molar refractivity (Wildman–Crippen MR) is 198 cm³/mol. The van der Waals surface area contributed by atoms with Crippen molar-refractivity contribution in [1.82, 2.24) is 35.7 Å². The highest BCUT2D eigenvalue weighted by atomic mass is 16.2. The van der Waals surface area contributed by atoms with E-state index < -0.39 is 59.0 Å². The van der Waals surface area contributed by atoms with Gasteiger partial charge in [-0.05, 0) is 55.3 Å². The van der Waals surface area contributed by atoms with Crippen LogP contribution >= 0.6 is 0 Å². The topological polar surface area (TPSA) is 197 Å². The Labute approximate surface area is 313 Å². The zero-order valence-corrected chi connectivity index (χ0v) is 31.8. The maximum absolute atomic E-state index is 14.5. The van der Waals surface area contributed by atoms with Gasteiger partial charge in [0.25, 0.3) is 11.8 Å². The van der Waals surface area contributed by atoms with E-state index in [4.69, 9.17) is 5.73 Å². The molecule has 4 atom stereocenters. The lowest BCUT2D eigenvalue weighted by atomic mass is 9.80. The van der Waals surface area contributed by atoms with Crippen molar-refractivity contribution in [2.24, 2.45) is 28.9 Å². The number of carbonyl (C=O) groups is 6. The molecule has 1 aromatic heterocycles. The summed E-state index contributed by atoms with van der Waals surface area (Å²) in [6.45, 7) is 7.22.